The van der Waals surface area contributed by atoms with Gasteiger partial charge in [-0.05, 0) is 24.7 Å². The molecule has 1 atom stereocenters. The van der Waals surface area contributed by atoms with Gasteiger partial charge in [0.25, 0.3) is 0 Å². The Balaban J connectivity index is 2.69. The van der Waals surface area contributed by atoms with E-state index in [0.29, 0.717) is 0 Å². The molecule has 0 radical (unpaired) electrons. The molecule has 0 spiro atoms. The molecule has 1 rings (SSSR count). The van der Waals surface area contributed by atoms with Crippen LogP contribution >= 0.6 is 11.6 Å². The number of hydrogen-bond acceptors (Lipinski definition) is 1. The minimum absolute atomic E-state index is 0.260. The second-order valence-electron chi connectivity index (χ2n) is 4.27. The Bertz CT molecular complexity index is 192. The smallest absolute Gasteiger partial charge is 0.131 e. The zero-order valence-corrected chi connectivity index (χ0v) is 7.91. The second-order valence-corrected chi connectivity index (χ2v) is 5.00. The lowest BCUT2D eigenvalue weighted by atomic mass is 9.72. The quantitative estimate of drug-likeness (QED) is 0.514. The molecule has 1 saturated carbocycles. The van der Waals surface area contributed by atoms with Crippen molar-refractivity contribution in [2.45, 2.75) is 44.4 Å². The molecule has 11 heavy (non-hydrogen) atoms. The van der Waals surface area contributed by atoms with Crippen molar-refractivity contribution in [2.24, 2.45) is 5.41 Å². The molecule has 0 aromatic heterocycles. The molecule has 1 aliphatic rings. The molecular formula is C9H14ClN. The monoisotopic (exact) mass is 171 g/mol. The van der Waals surface area contributed by atoms with Crippen molar-refractivity contribution in [2.75, 3.05) is 0 Å². The van der Waals surface area contributed by atoms with Crippen molar-refractivity contribution >= 4 is 11.6 Å². The van der Waals surface area contributed by atoms with E-state index < -0.39 is 4.87 Å². The average molecular weight is 172 g/mol. The molecule has 0 bridgehead atoms. The molecule has 0 N–H and O–H groups in total. The summed E-state index contributed by atoms with van der Waals surface area (Å²) in [6.07, 6.45) is 3.97. The van der Waals surface area contributed by atoms with Crippen LogP contribution in [0.4, 0.5) is 0 Å². The minimum Gasteiger partial charge on any atom is -0.196 e. The Morgan fingerprint density at radius 1 is 1.36 bits per heavy atom. The maximum Gasteiger partial charge on any atom is 0.131 e. The van der Waals surface area contributed by atoms with Crippen molar-refractivity contribution in [3.05, 3.63) is 0 Å². The van der Waals surface area contributed by atoms with E-state index in [1.165, 1.54) is 6.42 Å². The summed E-state index contributed by atoms with van der Waals surface area (Å²) in [7, 11) is 0. The molecule has 0 aromatic carbocycles. The van der Waals surface area contributed by atoms with Crippen molar-refractivity contribution < 1.29 is 0 Å². The summed E-state index contributed by atoms with van der Waals surface area (Å²) in [6, 6.07) is 2.20. The molecule has 1 unspecified atom stereocenters. The van der Waals surface area contributed by atoms with Crippen LogP contribution in [0.5, 0.6) is 0 Å². The van der Waals surface area contributed by atoms with Gasteiger partial charge in [-0.1, -0.05) is 20.3 Å². The molecule has 0 amide bonds. The lowest BCUT2D eigenvalue weighted by molar-refractivity contribution is 0.223. The van der Waals surface area contributed by atoms with Crippen LogP contribution in [0.25, 0.3) is 0 Å². The number of nitrogens with zero attached hydrogens (tertiary/aromatic N) is 1. The van der Waals surface area contributed by atoms with Crippen LogP contribution in [0.15, 0.2) is 0 Å². The van der Waals surface area contributed by atoms with E-state index in [1.54, 1.807) is 0 Å². The summed E-state index contributed by atoms with van der Waals surface area (Å²) in [6.45, 7) is 4.36. The highest BCUT2D eigenvalue weighted by molar-refractivity contribution is 6.25. The Labute approximate surface area is 73.3 Å². The fraction of sp³-hybridized carbons (Fsp3) is 0.889. The molecule has 62 valence electrons. The van der Waals surface area contributed by atoms with Crippen molar-refractivity contribution in [3.63, 3.8) is 0 Å². The van der Waals surface area contributed by atoms with Gasteiger partial charge in [0.05, 0.1) is 6.07 Å². The van der Waals surface area contributed by atoms with Crippen LogP contribution in [0.3, 0.4) is 0 Å². The Morgan fingerprint density at radius 2 is 2.00 bits per heavy atom. The van der Waals surface area contributed by atoms with Crippen LogP contribution in [0.2, 0.25) is 0 Å². The van der Waals surface area contributed by atoms with E-state index >= 15 is 0 Å². The van der Waals surface area contributed by atoms with Gasteiger partial charge in [-0.15, -0.1) is 11.6 Å². The SMILES string of the molecule is CC1(C)CCCC(Cl)(C#N)C1. The highest BCUT2D eigenvalue weighted by Gasteiger charge is 2.38. The van der Waals surface area contributed by atoms with E-state index in [-0.39, 0.29) is 5.41 Å². The molecule has 0 aromatic rings. The number of alkyl halides is 1. The van der Waals surface area contributed by atoms with Gasteiger partial charge in [0.2, 0.25) is 0 Å². The third-order valence-electron chi connectivity index (χ3n) is 2.39. The predicted molar refractivity (Wildman–Crippen MR) is 46.4 cm³/mol. The Kier molecular flexibility index (Phi) is 2.16. The van der Waals surface area contributed by atoms with Crippen LogP contribution < -0.4 is 0 Å². The standard InChI is InChI=1S/C9H14ClN/c1-8(2)4-3-5-9(10,6-8)7-11/h3-6H2,1-2H3. The summed E-state index contributed by atoms with van der Waals surface area (Å²) < 4.78 is 0. The summed E-state index contributed by atoms with van der Waals surface area (Å²) in [5, 5.41) is 8.80. The van der Waals surface area contributed by atoms with Gasteiger partial charge >= 0.3 is 0 Å². The molecule has 0 heterocycles. The second kappa shape index (κ2) is 2.68. The van der Waals surface area contributed by atoms with Gasteiger partial charge in [-0.2, -0.15) is 5.26 Å². The fourth-order valence-electron chi connectivity index (χ4n) is 1.88. The van der Waals surface area contributed by atoms with Crippen molar-refractivity contribution in [1.82, 2.24) is 0 Å². The highest BCUT2D eigenvalue weighted by Crippen LogP contribution is 2.43. The number of halogens is 1. The maximum absolute atomic E-state index is 8.80. The Morgan fingerprint density at radius 3 is 2.36 bits per heavy atom. The molecule has 0 aliphatic heterocycles. The zero-order chi connectivity index (χ0) is 8.54. The van der Waals surface area contributed by atoms with Gasteiger partial charge in [-0.25, -0.2) is 0 Å². The number of hydrogen-bond donors (Lipinski definition) is 0. The first-order chi connectivity index (χ1) is 4.97. The zero-order valence-electron chi connectivity index (χ0n) is 7.15. The molecule has 1 nitrogen and oxygen atoms in total. The maximum atomic E-state index is 8.80. The first-order valence-electron chi connectivity index (χ1n) is 4.08. The van der Waals surface area contributed by atoms with Gasteiger partial charge in [-0.3, -0.25) is 0 Å². The molecule has 1 aliphatic carbocycles. The van der Waals surface area contributed by atoms with Gasteiger partial charge in [0.15, 0.2) is 0 Å². The predicted octanol–water partition coefficient (Wildman–Crippen LogP) is 3.09. The van der Waals surface area contributed by atoms with Gasteiger partial charge in [0.1, 0.15) is 4.87 Å². The summed E-state index contributed by atoms with van der Waals surface area (Å²) >= 11 is 6.08. The normalized spacial score (nSPS) is 36.2. The number of nitriles is 1. The number of rotatable bonds is 0. The third-order valence-corrected chi connectivity index (χ3v) is 2.79. The van der Waals surface area contributed by atoms with E-state index in [4.69, 9.17) is 16.9 Å². The molecule has 0 saturated heterocycles. The van der Waals surface area contributed by atoms with E-state index in [0.717, 1.165) is 19.3 Å². The van der Waals surface area contributed by atoms with E-state index in [1.807, 2.05) is 0 Å². The summed E-state index contributed by atoms with van der Waals surface area (Å²) in [5.74, 6) is 0. The largest absolute Gasteiger partial charge is 0.196 e. The Hall–Kier alpha value is -0.220. The highest BCUT2D eigenvalue weighted by atomic mass is 35.5. The first kappa shape index (κ1) is 8.87. The third kappa shape index (κ3) is 2.10. The van der Waals surface area contributed by atoms with Crippen molar-refractivity contribution in [1.29, 1.82) is 5.26 Å². The van der Waals surface area contributed by atoms with Crippen LogP contribution in [0.1, 0.15) is 39.5 Å². The van der Waals surface area contributed by atoms with Gasteiger partial charge < -0.3 is 0 Å². The first-order valence-corrected chi connectivity index (χ1v) is 4.45. The van der Waals surface area contributed by atoms with Crippen LogP contribution in [-0.2, 0) is 0 Å². The van der Waals surface area contributed by atoms with Crippen LogP contribution in [0, 0.1) is 16.7 Å². The molecule has 1 fully saturated rings. The van der Waals surface area contributed by atoms with Crippen molar-refractivity contribution in [3.8, 4) is 6.07 Å². The lowest BCUT2D eigenvalue weighted by Crippen LogP contribution is -2.32. The van der Waals surface area contributed by atoms with Gasteiger partial charge in [0, 0.05) is 0 Å². The van der Waals surface area contributed by atoms with E-state index in [2.05, 4.69) is 19.9 Å². The lowest BCUT2D eigenvalue weighted by Gasteiger charge is -2.36. The topological polar surface area (TPSA) is 23.8 Å². The minimum atomic E-state index is -0.568. The average Bonchev–Trinajstić information content (AvgIpc) is 1.85. The molecular weight excluding hydrogens is 158 g/mol. The fourth-order valence-corrected chi connectivity index (χ4v) is 2.37. The van der Waals surface area contributed by atoms with E-state index in [9.17, 15) is 0 Å². The summed E-state index contributed by atoms with van der Waals surface area (Å²) in [5.41, 5.74) is 0.260. The van der Waals surface area contributed by atoms with Crippen LogP contribution in [-0.4, -0.2) is 4.87 Å². The summed E-state index contributed by atoms with van der Waals surface area (Å²) in [4.78, 5) is -0.568. The molecule has 2 heteroatoms.